The summed E-state index contributed by atoms with van der Waals surface area (Å²) < 4.78 is 0. The topological polar surface area (TPSA) is 49.4 Å². The van der Waals surface area contributed by atoms with Gasteiger partial charge in [-0.3, -0.25) is 9.59 Å². The molecule has 2 aromatic rings. The molecule has 0 heterocycles. The van der Waals surface area contributed by atoms with Crippen LogP contribution in [0, 0.1) is 12.8 Å². The lowest BCUT2D eigenvalue weighted by Gasteiger charge is -2.29. The molecule has 1 unspecified atom stereocenters. The second-order valence-corrected chi connectivity index (χ2v) is 8.49. The average Bonchev–Trinajstić information content (AvgIpc) is 2.75. The van der Waals surface area contributed by atoms with Crippen molar-refractivity contribution in [1.29, 1.82) is 0 Å². The Hall–Kier alpha value is -2.62. The molecule has 0 saturated carbocycles. The summed E-state index contributed by atoms with van der Waals surface area (Å²) >= 11 is 0. The van der Waals surface area contributed by atoms with E-state index in [0.717, 1.165) is 17.5 Å². The molecular formula is C26H36N2O2. The number of carbonyl (C=O) groups is 2. The Bertz CT molecular complexity index is 810. The molecule has 162 valence electrons. The molecule has 30 heavy (non-hydrogen) atoms. The standard InChI is InChI=1S/C26H36N2O2/c1-6-22-11-13-23(14-12-22)15-16-25(29)28(18-24-9-7-20(4)8-10-24)21(5)26(30)27-17-19(2)3/h7-14,19,21H,6,15-18H2,1-5H3,(H,27,30). The number of hydrogen-bond acceptors (Lipinski definition) is 2. The van der Waals surface area contributed by atoms with Gasteiger partial charge in [-0.25, -0.2) is 0 Å². The summed E-state index contributed by atoms with van der Waals surface area (Å²) in [4.78, 5) is 27.5. The molecule has 0 bridgehead atoms. The van der Waals surface area contributed by atoms with E-state index in [9.17, 15) is 9.59 Å². The highest BCUT2D eigenvalue weighted by atomic mass is 16.2. The van der Waals surface area contributed by atoms with Gasteiger partial charge in [-0.2, -0.15) is 0 Å². The second kappa shape index (κ2) is 11.5. The summed E-state index contributed by atoms with van der Waals surface area (Å²) in [5.41, 5.74) is 4.65. The summed E-state index contributed by atoms with van der Waals surface area (Å²) in [6.07, 6.45) is 2.07. The van der Waals surface area contributed by atoms with E-state index in [1.54, 1.807) is 4.90 Å². The first kappa shape index (κ1) is 23.7. The molecule has 0 aliphatic carbocycles. The van der Waals surface area contributed by atoms with Crippen LogP contribution in [-0.4, -0.2) is 29.3 Å². The van der Waals surface area contributed by atoms with Crippen molar-refractivity contribution < 1.29 is 9.59 Å². The summed E-state index contributed by atoms with van der Waals surface area (Å²) in [5, 5.41) is 2.97. The van der Waals surface area contributed by atoms with Gasteiger partial charge in [0.1, 0.15) is 6.04 Å². The minimum Gasteiger partial charge on any atom is -0.354 e. The fraction of sp³-hybridized carbons (Fsp3) is 0.462. The fourth-order valence-electron chi connectivity index (χ4n) is 3.26. The Morgan fingerprint density at radius 3 is 2.03 bits per heavy atom. The van der Waals surface area contributed by atoms with Crippen molar-refractivity contribution in [2.75, 3.05) is 6.54 Å². The minimum absolute atomic E-state index is 0.00217. The Labute approximate surface area is 181 Å². The maximum Gasteiger partial charge on any atom is 0.242 e. The Morgan fingerprint density at radius 1 is 0.900 bits per heavy atom. The van der Waals surface area contributed by atoms with Crippen molar-refractivity contribution in [3.05, 3.63) is 70.8 Å². The summed E-state index contributed by atoms with van der Waals surface area (Å²) in [6.45, 7) is 11.2. The third-order valence-corrected chi connectivity index (χ3v) is 5.38. The van der Waals surface area contributed by atoms with Gasteiger partial charge in [-0.1, -0.05) is 74.9 Å². The van der Waals surface area contributed by atoms with Crippen LogP contribution in [-0.2, 0) is 29.0 Å². The molecule has 4 heteroatoms. The van der Waals surface area contributed by atoms with Crippen LogP contribution in [0.4, 0.5) is 0 Å². The van der Waals surface area contributed by atoms with E-state index < -0.39 is 6.04 Å². The van der Waals surface area contributed by atoms with Crippen molar-refractivity contribution in [3.63, 3.8) is 0 Å². The fourth-order valence-corrected chi connectivity index (χ4v) is 3.26. The van der Waals surface area contributed by atoms with Gasteiger partial charge in [0, 0.05) is 19.5 Å². The Balaban J connectivity index is 2.10. The molecule has 0 fully saturated rings. The van der Waals surface area contributed by atoms with Gasteiger partial charge in [0.25, 0.3) is 0 Å². The SMILES string of the molecule is CCc1ccc(CCC(=O)N(Cc2ccc(C)cc2)C(C)C(=O)NCC(C)C)cc1. The molecule has 2 rings (SSSR count). The van der Waals surface area contributed by atoms with E-state index in [2.05, 4.69) is 50.4 Å². The maximum atomic E-state index is 13.1. The van der Waals surface area contributed by atoms with Crippen LogP contribution < -0.4 is 5.32 Å². The van der Waals surface area contributed by atoms with Crippen LogP contribution >= 0.6 is 0 Å². The van der Waals surface area contributed by atoms with Gasteiger partial charge in [-0.05, 0) is 49.3 Å². The lowest BCUT2D eigenvalue weighted by molar-refractivity contribution is -0.140. The average molecular weight is 409 g/mol. The number of carbonyl (C=O) groups excluding carboxylic acids is 2. The van der Waals surface area contributed by atoms with Crippen molar-refractivity contribution >= 4 is 11.8 Å². The highest BCUT2D eigenvalue weighted by Gasteiger charge is 2.25. The highest BCUT2D eigenvalue weighted by Crippen LogP contribution is 2.14. The molecule has 0 aromatic heterocycles. The Kier molecular flexibility index (Phi) is 9.10. The molecular weight excluding hydrogens is 372 g/mol. The van der Waals surface area contributed by atoms with Crippen molar-refractivity contribution in [1.82, 2.24) is 10.2 Å². The van der Waals surface area contributed by atoms with Gasteiger partial charge in [0.05, 0.1) is 0 Å². The van der Waals surface area contributed by atoms with Gasteiger partial charge >= 0.3 is 0 Å². The van der Waals surface area contributed by atoms with Crippen molar-refractivity contribution in [2.24, 2.45) is 5.92 Å². The molecule has 0 saturated heterocycles. The third-order valence-electron chi connectivity index (χ3n) is 5.38. The van der Waals surface area contributed by atoms with Crippen LogP contribution in [0.15, 0.2) is 48.5 Å². The van der Waals surface area contributed by atoms with Crippen molar-refractivity contribution in [3.8, 4) is 0 Å². The van der Waals surface area contributed by atoms with Gasteiger partial charge in [0.2, 0.25) is 11.8 Å². The maximum absolute atomic E-state index is 13.1. The second-order valence-electron chi connectivity index (χ2n) is 8.49. The monoisotopic (exact) mass is 408 g/mol. The van der Waals surface area contributed by atoms with E-state index in [1.165, 1.54) is 11.1 Å². The molecule has 2 amide bonds. The predicted octanol–water partition coefficient (Wildman–Crippen LogP) is 4.68. The molecule has 2 aromatic carbocycles. The molecule has 4 nitrogen and oxygen atoms in total. The Morgan fingerprint density at radius 2 is 1.47 bits per heavy atom. The predicted molar refractivity (Wildman–Crippen MR) is 123 cm³/mol. The summed E-state index contributed by atoms with van der Waals surface area (Å²) in [6, 6.07) is 16.0. The molecule has 0 aliphatic rings. The van der Waals surface area contributed by atoms with E-state index >= 15 is 0 Å². The lowest BCUT2D eigenvalue weighted by atomic mass is 10.0. The van der Waals surface area contributed by atoms with E-state index in [1.807, 2.05) is 38.1 Å². The zero-order valence-corrected chi connectivity index (χ0v) is 19.1. The molecule has 0 radical (unpaired) electrons. The first-order chi connectivity index (χ1) is 14.3. The number of aryl methyl sites for hydroxylation is 3. The minimum atomic E-state index is -0.514. The van der Waals surface area contributed by atoms with Crippen LogP contribution in [0.1, 0.15) is 56.4 Å². The van der Waals surface area contributed by atoms with E-state index in [4.69, 9.17) is 0 Å². The largest absolute Gasteiger partial charge is 0.354 e. The normalized spacial score (nSPS) is 11.9. The third kappa shape index (κ3) is 7.33. The number of hydrogen-bond donors (Lipinski definition) is 1. The number of benzene rings is 2. The van der Waals surface area contributed by atoms with Gasteiger partial charge in [0.15, 0.2) is 0 Å². The van der Waals surface area contributed by atoms with Gasteiger partial charge in [-0.15, -0.1) is 0 Å². The number of amides is 2. The zero-order chi connectivity index (χ0) is 22.1. The number of rotatable bonds is 10. The quantitative estimate of drug-likeness (QED) is 0.620. The van der Waals surface area contributed by atoms with Crippen LogP contribution in [0.5, 0.6) is 0 Å². The van der Waals surface area contributed by atoms with Gasteiger partial charge < -0.3 is 10.2 Å². The number of nitrogens with one attached hydrogen (secondary N) is 1. The number of nitrogens with zero attached hydrogens (tertiary/aromatic N) is 1. The highest BCUT2D eigenvalue weighted by molar-refractivity contribution is 5.87. The summed E-state index contributed by atoms with van der Waals surface area (Å²) in [5.74, 6) is 0.271. The smallest absolute Gasteiger partial charge is 0.242 e. The van der Waals surface area contributed by atoms with E-state index in [0.29, 0.717) is 31.8 Å². The van der Waals surface area contributed by atoms with Crippen LogP contribution in [0.3, 0.4) is 0 Å². The summed E-state index contributed by atoms with van der Waals surface area (Å²) in [7, 11) is 0. The van der Waals surface area contributed by atoms with Crippen LogP contribution in [0.25, 0.3) is 0 Å². The lowest BCUT2D eigenvalue weighted by Crippen LogP contribution is -2.48. The zero-order valence-electron chi connectivity index (χ0n) is 19.1. The molecule has 0 aliphatic heterocycles. The molecule has 0 spiro atoms. The molecule has 1 atom stereocenters. The van der Waals surface area contributed by atoms with Crippen molar-refractivity contribution in [2.45, 2.75) is 66.5 Å². The molecule has 1 N–H and O–H groups in total. The first-order valence-electron chi connectivity index (χ1n) is 11.0. The van der Waals surface area contributed by atoms with E-state index in [-0.39, 0.29) is 11.8 Å². The first-order valence-corrected chi connectivity index (χ1v) is 11.0. The van der Waals surface area contributed by atoms with Crippen LogP contribution in [0.2, 0.25) is 0 Å².